The summed E-state index contributed by atoms with van der Waals surface area (Å²) in [7, 11) is 0. The summed E-state index contributed by atoms with van der Waals surface area (Å²) >= 11 is 0. The Hall–Kier alpha value is -0.580. The van der Waals surface area contributed by atoms with Crippen LogP contribution in [0.3, 0.4) is 0 Å². The van der Waals surface area contributed by atoms with Crippen molar-refractivity contribution in [2.45, 2.75) is 118 Å². The summed E-state index contributed by atoms with van der Waals surface area (Å²) in [6.45, 7) is 17.2. The summed E-state index contributed by atoms with van der Waals surface area (Å²) in [6.07, 6.45) is 17.8. The molecule has 8 atom stereocenters. The van der Waals surface area contributed by atoms with E-state index in [-0.39, 0.29) is 24.5 Å². The number of carbonyl (C=O) groups excluding carboxylic acids is 1. The Morgan fingerprint density at radius 2 is 1.82 bits per heavy atom. The second-order valence-electron chi connectivity index (χ2n) is 15.0. The van der Waals surface area contributed by atoms with Crippen LogP contribution in [0.15, 0.2) is 11.6 Å². The molecule has 1 heterocycles. The van der Waals surface area contributed by atoms with E-state index in [1.165, 1.54) is 62.7 Å². The molecule has 0 amide bonds. The van der Waals surface area contributed by atoms with Crippen molar-refractivity contribution in [3.05, 3.63) is 11.6 Å². The van der Waals surface area contributed by atoms with Crippen LogP contribution in [-0.2, 0) is 14.3 Å². The molecule has 5 heteroatoms. The van der Waals surface area contributed by atoms with Gasteiger partial charge in [-0.3, -0.25) is 4.79 Å². The van der Waals surface area contributed by atoms with Crippen LogP contribution in [0.2, 0.25) is 0 Å². The number of hydrogen-bond donors (Lipinski definition) is 1. The van der Waals surface area contributed by atoms with E-state index in [9.17, 15) is 4.79 Å². The second-order valence-corrected chi connectivity index (χ2v) is 15.0. The summed E-state index contributed by atoms with van der Waals surface area (Å²) in [5.74, 6) is 5.26. The molecule has 1 aliphatic heterocycles. The molecule has 5 aliphatic rings. The average Bonchev–Trinajstić information content (AvgIpc) is 3.25. The van der Waals surface area contributed by atoms with Gasteiger partial charge in [-0.05, 0) is 91.3 Å². The molecule has 5 rings (SSSR count). The fourth-order valence-corrected chi connectivity index (χ4v) is 10.2. The van der Waals surface area contributed by atoms with Crippen LogP contribution in [0.4, 0.5) is 0 Å². The predicted octanol–water partition coefficient (Wildman–Crippen LogP) is 3.25. The number of quaternary nitrogens is 1. The van der Waals surface area contributed by atoms with Gasteiger partial charge < -0.3 is 26.8 Å². The third-order valence-electron chi connectivity index (χ3n) is 12.4. The summed E-state index contributed by atoms with van der Waals surface area (Å²) in [5.41, 5.74) is 2.50. The van der Waals surface area contributed by atoms with Crippen LogP contribution >= 0.6 is 0 Å². The van der Waals surface area contributed by atoms with Crippen LogP contribution < -0.4 is 17.3 Å². The van der Waals surface area contributed by atoms with E-state index in [1.54, 1.807) is 5.57 Å². The molecule has 0 aromatic heterocycles. The van der Waals surface area contributed by atoms with E-state index in [0.29, 0.717) is 17.3 Å². The first kappa shape index (κ1) is 31.4. The highest BCUT2D eigenvalue weighted by molar-refractivity contribution is 5.69. The standard InChI is InChI=1S/C34H57NO3.ClH/c1-24(2)7-6-8-25(3)29-11-12-30-28-10-9-26-23-27(38-32(36)15-18-35-19-21-37-22-20-35)13-16-33(26,4)31(28)14-17-34(29,30)5;/h9,24-25,27-31H,6-8,10-23H2,1-5H3;1H. The van der Waals surface area contributed by atoms with E-state index in [1.807, 2.05) is 0 Å². The minimum atomic E-state index is 0. The minimum absolute atomic E-state index is 0. The number of fused-ring (bicyclic) bond motifs is 5. The molecule has 0 bridgehead atoms. The van der Waals surface area contributed by atoms with Crippen LogP contribution in [0, 0.1) is 46.3 Å². The van der Waals surface area contributed by atoms with Crippen LogP contribution in [-0.4, -0.2) is 44.9 Å². The lowest BCUT2D eigenvalue weighted by Crippen LogP contribution is -3.14. The summed E-state index contributed by atoms with van der Waals surface area (Å²) in [4.78, 5) is 14.2. The highest BCUT2D eigenvalue weighted by Gasteiger charge is 2.59. The predicted molar refractivity (Wildman–Crippen MR) is 154 cm³/mol. The van der Waals surface area contributed by atoms with Gasteiger partial charge in [0.2, 0.25) is 0 Å². The molecule has 1 N–H and O–H groups in total. The number of halogens is 1. The molecule has 224 valence electrons. The van der Waals surface area contributed by atoms with Gasteiger partial charge in [0.05, 0.1) is 26.2 Å². The summed E-state index contributed by atoms with van der Waals surface area (Å²) in [6, 6.07) is 0. The first-order valence-corrected chi connectivity index (χ1v) is 16.5. The zero-order valence-corrected chi connectivity index (χ0v) is 26.5. The van der Waals surface area contributed by atoms with E-state index < -0.39 is 0 Å². The molecule has 4 nitrogen and oxygen atoms in total. The molecule has 8 unspecified atom stereocenters. The Morgan fingerprint density at radius 3 is 2.56 bits per heavy atom. The lowest BCUT2D eigenvalue weighted by atomic mass is 9.47. The third-order valence-corrected chi connectivity index (χ3v) is 12.4. The number of allylic oxidation sites excluding steroid dienone is 1. The third kappa shape index (κ3) is 6.59. The smallest absolute Gasteiger partial charge is 0.311 e. The van der Waals surface area contributed by atoms with Gasteiger partial charge in [0, 0.05) is 6.42 Å². The molecule has 0 aromatic rings. The van der Waals surface area contributed by atoms with Crippen LogP contribution in [0.1, 0.15) is 112 Å². The molecule has 0 aromatic carbocycles. The van der Waals surface area contributed by atoms with Gasteiger partial charge in [0.1, 0.15) is 19.2 Å². The number of morpholine rings is 1. The van der Waals surface area contributed by atoms with Crippen molar-refractivity contribution in [3.8, 4) is 0 Å². The molecule has 0 spiro atoms. The molecule has 4 fully saturated rings. The quantitative estimate of drug-likeness (QED) is 0.346. The van der Waals surface area contributed by atoms with E-state index >= 15 is 0 Å². The topological polar surface area (TPSA) is 40.0 Å². The first-order chi connectivity index (χ1) is 18.2. The van der Waals surface area contributed by atoms with E-state index in [4.69, 9.17) is 9.47 Å². The Labute approximate surface area is 245 Å². The van der Waals surface area contributed by atoms with E-state index in [0.717, 1.165) is 81.2 Å². The average molecular weight is 564 g/mol. The maximum Gasteiger partial charge on any atom is 0.311 e. The van der Waals surface area contributed by atoms with Crippen molar-refractivity contribution in [2.24, 2.45) is 46.3 Å². The Morgan fingerprint density at radius 1 is 1.05 bits per heavy atom. The van der Waals surface area contributed by atoms with Gasteiger partial charge in [0.25, 0.3) is 0 Å². The zero-order valence-electron chi connectivity index (χ0n) is 25.7. The largest absolute Gasteiger partial charge is 1.00 e. The lowest BCUT2D eigenvalue weighted by Gasteiger charge is -2.58. The van der Waals surface area contributed by atoms with Crippen molar-refractivity contribution < 1.29 is 31.6 Å². The lowest BCUT2D eigenvalue weighted by molar-refractivity contribution is -0.907. The monoisotopic (exact) mass is 563 g/mol. The maximum absolute atomic E-state index is 12.7. The molecular weight excluding hydrogens is 506 g/mol. The van der Waals surface area contributed by atoms with Crippen molar-refractivity contribution in [2.75, 3.05) is 32.8 Å². The number of nitrogens with one attached hydrogen (secondary N) is 1. The minimum Gasteiger partial charge on any atom is -1.00 e. The van der Waals surface area contributed by atoms with Gasteiger partial charge >= 0.3 is 5.97 Å². The van der Waals surface area contributed by atoms with Gasteiger partial charge in [-0.25, -0.2) is 0 Å². The van der Waals surface area contributed by atoms with Gasteiger partial charge in [0.15, 0.2) is 0 Å². The number of hydrogen-bond acceptors (Lipinski definition) is 3. The highest BCUT2D eigenvalue weighted by Crippen LogP contribution is 2.67. The fraction of sp³-hybridized carbons (Fsp3) is 0.912. The summed E-state index contributed by atoms with van der Waals surface area (Å²) < 4.78 is 11.5. The van der Waals surface area contributed by atoms with Gasteiger partial charge in [-0.1, -0.05) is 65.5 Å². The van der Waals surface area contributed by atoms with Crippen molar-refractivity contribution in [3.63, 3.8) is 0 Å². The van der Waals surface area contributed by atoms with Crippen molar-refractivity contribution >= 4 is 5.97 Å². The number of ether oxygens (including phenoxy) is 2. The molecule has 1 saturated heterocycles. The fourth-order valence-electron chi connectivity index (χ4n) is 10.2. The SMILES string of the molecule is CC(C)CCCC(C)C1CCC2C3CC=C4CC(OC(=O)CC[NH+]5CCOCC5)CCC4(C)C3CCC12C.[Cl-]. The molecule has 4 aliphatic carbocycles. The zero-order chi connectivity index (χ0) is 26.9. The van der Waals surface area contributed by atoms with Crippen molar-refractivity contribution in [1.29, 1.82) is 0 Å². The highest BCUT2D eigenvalue weighted by atomic mass is 35.5. The van der Waals surface area contributed by atoms with E-state index in [2.05, 4.69) is 40.7 Å². The molecular formula is C34H58ClNO3. The first-order valence-electron chi connectivity index (χ1n) is 16.5. The molecule has 0 radical (unpaired) electrons. The second kappa shape index (κ2) is 13.2. The Bertz CT molecular complexity index is 853. The van der Waals surface area contributed by atoms with Crippen LogP contribution in [0.5, 0.6) is 0 Å². The number of carbonyl (C=O) groups is 1. The van der Waals surface area contributed by atoms with Crippen LogP contribution in [0.25, 0.3) is 0 Å². The number of esters is 1. The van der Waals surface area contributed by atoms with Crippen molar-refractivity contribution in [1.82, 2.24) is 0 Å². The molecule has 39 heavy (non-hydrogen) atoms. The normalized spacial score (nSPS) is 39.1. The number of rotatable bonds is 9. The summed E-state index contributed by atoms with van der Waals surface area (Å²) in [5, 5.41) is 0. The molecule has 3 saturated carbocycles. The maximum atomic E-state index is 12.7. The Balaban J connectivity index is 0.00000353. The van der Waals surface area contributed by atoms with Gasteiger partial charge in [-0.2, -0.15) is 0 Å². The Kier molecular flexibility index (Phi) is 10.6. The van der Waals surface area contributed by atoms with Gasteiger partial charge in [-0.15, -0.1) is 0 Å².